The highest BCUT2D eigenvalue weighted by molar-refractivity contribution is 5.91. The van der Waals surface area contributed by atoms with E-state index in [1.807, 2.05) is 47.1 Å². The number of para-hydroxylation sites is 1. The smallest absolute Gasteiger partial charge is 0.410 e. The lowest BCUT2D eigenvalue weighted by Gasteiger charge is -2.44. The van der Waals surface area contributed by atoms with Crippen LogP contribution in [0.25, 0.3) is 11.0 Å². The van der Waals surface area contributed by atoms with E-state index >= 15 is 0 Å². The van der Waals surface area contributed by atoms with Crippen molar-refractivity contribution in [2.24, 2.45) is 5.41 Å². The van der Waals surface area contributed by atoms with Gasteiger partial charge in [0.05, 0.1) is 11.0 Å². The minimum atomic E-state index is -0.948. The van der Waals surface area contributed by atoms with Gasteiger partial charge in [-0.1, -0.05) is 38.1 Å². The Morgan fingerprint density at radius 2 is 1.58 bits per heavy atom. The molecule has 4 aliphatic rings. The Bertz CT molecular complexity index is 1700. The summed E-state index contributed by atoms with van der Waals surface area (Å²) in [6, 6.07) is 12.3. The number of anilines is 1. The van der Waals surface area contributed by atoms with Gasteiger partial charge < -0.3 is 29.7 Å². The molecule has 0 radical (unpaired) electrons. The van der Waals surface area contributed by atoms with E-state index < -0.39 is 12.2 Å². The molecule has 5 heterocycles. The molecule has 0 aliphatic carbocycles. The van der Waals surface area contributed by atoms with Gasteiger partial charge in [-0.15, -0.1) is 0 Å². The molecular formula is C39H51N7O4. The van der Waals surface area contributed by atoms with Crippen molar-refractivity contribution in [3.05, 3.63) is 65.5 Å². The Labute approximate surface area is 295 Å². The zero-order valence-corrected chi connectivity index (χ0v) is 29.8. The number of fused-ring (bicyclic) bond motifs is 2. The number of nitrogens with one attached hydrogen (secondary N) is 1. The minimum absolute atomic E-state index is 0.0275. The molecule has 2 aromatic carbocycles. The van der Waals surface area contributed by atoms with E-state index in [0.717, 1.165) is 65.8 Å². The average molecular weight is 682 g/mol. The summed E-state index contributed by atoms with van der Waals surface area (Å²) in [6.07, 6.45) is 8.56. The number of likely N-dealkylation sites (tertiary alicyclic amines) is 3. The third-order valence-corrected chi connectivity index (χ3v) is 11.5. The van der Waals surface area contributed by atoms with Gasteiger partial charge in [-0.2, -0.15) is 0 Å². The summed E-state index contributed by atoms with van der Waals surface area (Å²) in [5.74, 6) is -0.135. The van der Waals surface area contributed by atoms with Gasteiger partial charge in [0.25, 0.3) is 5.91 Å². The van der Waals surface area contributed by atoms with E-state index in [4.69, 9.17) is 4.74 Å². The monoisotopic (exact) mass is 681 g/mol. The first-order valence-electron chi connectivity index (χ1n) is 18.5. The van der Waals surface area contributed by atoms with Crippen LogP contribution in [0.15, 0.2) is 48.8 Å². The lowest BCUT2D eigenvalue weighted by atomic mass is 9.82. The summed E-state index contributed by atoms with van der Waals surface area (Å²) in [5.41, 5.74) is 5.84. The van der Waals surface area contributed by atoms with Crippen molar-refractivity contribution >= 4 is 34.8 Å². The van der Waals surface area contributed by atoms with Crippen molar-refractivity contribution in [3.63, 3.8) is 0 Å². The number of hydrogen-bond acceptors (Lipinski definition) is 7. The summed E-state index contributed by atoms with van der Waals surface area (Å²) in [5, 5.41) is 3.06. The van der Waals surface area contributed by atoms with Gasteiger partial charge in [-0.3, -0.25) is 14.8 Å². The molecule has 3 fully saturated rings. The van der Waals surface area contributed by atoms with E-state index in [2.05, 4.69) is 40.1 Å². The predicted octanol–water partition coefficient (Wildman–Crippen LogP) is 5.65. The molecule has 0 spiro atoms. The van der Waals surface area contributed by atoms with Gasteiger partial charge in [-0.25, -0.2) is 9.59 Å². The minimum Gasteiger partial charge on any atom is -0.436 e. The number of piperidine rings is 3. The lowest BCUT2D eigenvalue weighted by molar-refractivity contribution is -0.142. The molecule has 266 valence electrons. The summed E-state index contributed by atoms with van der Waals surface area (Å²) in [7, 11) is 0. The van der Waals surface area contributed by atoms with Crippen molar-refractivity contribution in [3.8, 4) is 0 Å². The standard InChI is InChI=1S/C39H51N7O4/c1-27-24-28(25-33-35(27)41-16-15-40-33)26-34(36(47)44-17-9-30(10-18-44)43-22-13-39(2,3)14-23-43)50-38(49)45-19-11-31(12-20-45)46-21-8-29-6-4-5-7-32(29)42-37(46)48/h4-7,15-16,24-25,30-31,34H,8-14,17-23,26H2,1-3H3,(H,42,48)/t34-/m1/s1. The molecule has 50 heavy (non-hydrogen) atoms. The molecule has 4 aliphatic heterocycles. The Hall–Kier alpha value is -4.25. The van der Waals surface area contributed by atoms with Gasteiger partial charge in [0, 0.05) is 69.3 Å². The first-order chi connectivity index (χ1) is 24.1. The Morgan fingerprint density at radius 1 is 0.900 bits per heavy atom. The Balaban J connectivity index is 1.00. The van der Waals surface area contributed by atoms with E-state index in [1.165, 1.54) is 12.8 Å². The molecule has 1 atom stereocenters. The van der Waals surface area contributed by atoms with Gasteiger partial charge in [0.1, 0.15) is 0 Å². The van der Waals surface area contributed by atoms with E-state index in [9.17, 15) is 14.4 Å². The second kappa shape index (κ2) is 14.5. The Kier molecular flexibility index (Phi) is 9.95. The molecule has 1 aromatic heterocycles. The summed E-state index contributed by atoms with van der Waals surface area (Å²) in [4.78, 5) is 58.2. The maximum absolute atomic E-state index is 14.2. The van der Waals surface area contributed by atoms with Gasteiger partial charge >= 0.3 is 12.1 Å². The molecule has 11 nitrogen and oxygen atoms in total. The molecule has 3 saturated heterocycles. The lowest BCUT2D eigenvalue weighted by Crippen LogP contribution is -2.53. The number of urea groups is 1. The molecule has 11 heteroatoms. The second-order valence-electron chi connectivity index (χ2n) is 15.4. The van der Waals surface area contributed by atoms with Crippen LogP contribution in [-0.2, 0) is 22.4 Å². The number of ether oxygens (including phenoxy) is 1. The van der Waals surface area contributed by atoms with Crippen molar-refractivity contribution in [1.29, 1.82) is 0 Å². The molecule has 3 aromatic rings. The molecule has 7 rings (SSSR count). The van der Waals surface area contributed by atoms with Crippen LogP contribution in [0.5, 0.6) is 0 Å². The molecule has 1 N–H and O–H groups in total. The van der Waals surface area contributed by atoms with Crippen molar-refractivity contribution in [1.82, 2.24) is 29.6 Å². The Morgan fingerprint density at radius 3 is 2.34 bits per heavy atom. The van der Waals surface area contributed by atoms with Crippen LogP contribution in [0.1, 0.15) is 69.1 Å². The third kappa shape index (κ3) is 7.57. The van der Waals surface area contributed by atoms with Crippen LogP contribution < -0.4 is 5.32 Å². The van der Waals surface area contributed by atoms with E-state index in [0.29, 0.717) is 57.0 Å². The zero-order chi connectivity index (χ0) is 34.8. The normalized spacial score (nSPS) is 21.3. The first kappa shape index (κ1) is 34.2. The quantitative estimate of drug-likeness (QED) is 0.358. The van der Waals surface area contributed by atoms with Crippen molar-refractivity contribution in [2.45, 2.75) is 90.3 Å². The van der Waals surface area contributed by atoms with Crippen LogP contribution in [0.2, 0.25) is 0 Å². The number of rotatable bonds is 6. The van der Waals surface area contributed by atoms with Crippen LogP contribution in [0.3, 0.4) is 0 Å². The number of benzene rings is 2. The predicted molar refractivity (Wildman–Crippen MR) is 193 cm³/mol. The number of aromatic nitrogens is 2. The maximum Gasteiger partial charge on any atom is 0.410 e. The fourth-order valence-corrected chi connectivity index (χ4v) is 8.28. The first-order valence-corrected chi connectivity index (χ1v) is 18.5. The highest BCUT2D eigenvalue weighted by Crippen LogP contribution is 2.33. The number of nitrogens with zero attached hydrogens (tertiary/aromatic N) is 6. The molecule has 4 amide bonds. The van der Waals surface area contributed by atoms with Crippen LogP contribution >= 0.6 is 0 Å². The summed E-state index contributed by atoms with van der Waals surface area (Å²) in [6.45, 7) is 11.8. The van der Waals surface area contributed by atoms with Crippen LogP contribution in [0, 0.1) is 12.3 Å². The number of aryl methyl sites for hydroxylation is 1. The van der Waals surface area contributed by atoms with Crippen molar-refractivity contribution in [2.75, 3.05) is 51.1 Å². The summed E-state index contributed by atoms with van der Waals surface area (Å²) < 4.78 is 6.15. The highest BCUT2D eigenvalue weighted by atomic mass is 16.6. The number of carbonyl (C=O) groups is 3. The fourth-order valence-electron chi connectivity index (χ4n) is 8.28. The molecule has 0 saturated carbocycles. The fraction of sp³-hybridized carbons (Fsp3) is 0.564. The van der Waals surface area contributed by atoms with Crippen LogP contribution in [0.4, 0.5) is 15.3 Å². The summed E-state index contributed by atoms with van der Waals surface area (Å²) >= 11 is 0. The van der Waals surface area contributed by atoms with Crippen LogP contribution in [-0.4, -0.2) is 112 Å². The van der Waals surface area contributed by atoms with E-state index in [-0.39, 0.29) is 24.4 Å². The number of carbonyl (C=O) groups excluding carboxylic acids is 3. The molecule has 0 bridgehead atoms. The number of amides is 4. The largest absolute Gasteiger partial charge is 0.436 e. The van der Waals surface area contributed by atoms with Gasteiger partial charge in [0.15, 0.2) is 6.10 Å². The van der Waals surface area contributed by atoms with Gasteiger partial charge in [0.2, 0.25) is 0 Å². The zero-order valence-electron chi connectivity index (χ0n) is 29.8. The van der Waals surface area contributed by atoms with Gasteiger partial charge in [-0.05, 0) is 99.2 Å². The SMILES string of the molecule is Cc1cc(C[C@@H](OC(=O)N2CCC(N3CCc4ccccc4NC3=O)CC2)C(=O)N2CCC(N3CCC(C)(C)CC3)CC2)cc2nccnc12. The highest BCUT2D eigenvalue weighted by Gasteiger charge is 2.37. The van der Waals surface area contributed by atoms with E-state index in [1.54, 1.807) is 17.3 Å². The third-order valence-electron chi connectivity index (χ3n) is 11.5. The van der Waals surface area contributed by atoms with Crippen molar-refractivity contribution < 1.29 is 19.1 Å². The topological polar surface area (TPSA) is 111 Å². The molecular weight excluding hydrogens is 630 g/mol. The average Bonchev–Trinajstić information content (AvgIpc) is 3.29. The maximum atomic E-state index is 14.2. The second-order valence-corrected chi connectivity index (χ2v) is 15.4. The molecule has 0 unspecified atom stereocenters. The number of hydrogen-bond donors (Lipinski definition) is 1.